The summed E-state index contributed by atoms with van der Waals surface area (Å²) in [6.45, 7) is 4.32. The van der Waals surface area contributed by atoms with Crippen molar-refractivity contribution in [3.63, 3.8) is 0 Å². The molecule has 0 spiro atoms. The highest BCUT2D eigenvalue weighted by Crippen LogP contribution is 2.34. The molecule has 1 aromatic carbocycles. The zero-order valence-corrected chi connectivity index (χ0v) is 16.8. The number of nitrogens with one attached hydrogen (secondary N) is 2. The number of aliphatic hydroxyl groups is 1. The van der Waals surface area contributed by atoms with E-state index in [2.05, 4.69) is 25.5 Å². The Labute approximate surface area is 173 Å². The second-order valence-corrected chi connectivity index (χ2v) is 7.56. The topological polar surface area (TPSA) is 107 Å². The summed E-state index contributed by atoms with van der Waals surface area (Å²) in [5.74, 6) is -0.227. The van der Waals surface area contributed by atoms with Gasteiger partial charge in [0.05, 0.1) is 19.3 Å². The Morgan fingerprint density at radius 1 is 1.30 bits per heavy atom. The molecule has 3 heterocycles. The summed E-state index contributed by atoms with van der Waals surface area (Å²) in [5, 5.41) is 20.6. The molecular weight excluding hydrogens is 387 g/mol. The van der Waals surface area contributed by atoms with Gasteiger partial charge in [0.2, 0.25) is 5.82 Å². The molecule has 0 atom stereocenters. The summed E-state index contributed by atoms with van der Waals surface area (Å²) in [5.41, 5.74) is 1.42. The van der Waals surface area contributed by atoms with Crippen molar-refractivity contribution in [3.05, 3.63) is 70.7 Å². The van der Waals surface area contributed by atoms with E-state index in [-0.39, 0.29) is 24.5 Å². The molecule has 9 heteroatoms. The van der Waals surface area contributed by atoms with Crippen molar-refractivity contribution in [1.29, 1.82) is 0 Å². The standard InChI is InChI=1S/C21H23FN6O2/c1-13-14(2)26-19(27-18(13)23-8-7-15-9-24-25-10-15)20(29)28-11-21(30,12-28)16-5-3-4-6-17(16)22/h3-6,9-10,30H,7-8,11-12H2,1-2H3,(H,24,25)(H,23,26,27). The summed E-state index contributed by atoms with van der Waals surface area (Å²) >= 11 is 0. The van der Waals surface area contributed by atoms with E-state index >= 15 is 0 Å². The predicted octanol–water partition coefficient (Wildman–Crippen LogP) is 1.95. The van der Waals surface area contributed by atoms with Crippen molar-refractivity contribution < 1.29 is 14.3 Å². The number of H-pyrrole nitrogens is 1. The van der Waals surface area contributed by atoms with Crippen LogP contribution in [0.5, 0.6) is 0 Å². The Morgan fingerprint density at radius 3 is 2.77 bits per heavy atom. The van der Waals surface area contributed by atoms with E-state index in [1.807, 2.05) is 20.0 Å². The van der Waals surface area contributed by atoms with Gasteiger partial charge in [-0.1, -0.05) is 18.2 Å². The van der Waals surface area contributed by atoms with Gasteiger partial charge < -0.3 is 15.3 Å². The van der Waals surface area contributed by atoms with Gasteiger partial charge in [-0.3, -0.25) is 9.89 Å². The van der Waals surface area contributed by atoms with Crippen LogP contribution >= 0.6 is 0 Å². The largest absolute Gasteiger partial charge is 0.381 e. The fourth-order valence-corrected chi connectivity index (χ4v) is 3.52. The molecule has 1 aliphatic heterocycles. The SMILES string of the molecule is Cc1nc(C(=O)N2CC(O)(c3ccccc3F)C2)nc(NCCc2cn[nH]c2)c1C. The molecule has 1 fully saturated rings. The zero-order chi connectivity index (χ0) is 21.3. The summed E-state index contributed by atoms with van der Waals surface area (Å²) < 4.78 is 14.0. The number of halogens is 1. The normalized spacial score (nSPS) is 15.0. The first kappa shape index (κ1) is 20.0. The monoisotopic (exact) mass is 410 g/mol. The summed E-state index contributed by atoms with van der Waals surface area (Å²) in [7, 11) is 0. The zero-order valence-electron chi connectivity index (χ0n) is 16.8. The smallest absolute Gasteiger partial charge is 0.291 e. The van der Waals surface area contributed by atoms with Gasteiger partial charge >= 0.3 is 0 Å². The molecule has 3 N–H and O–H groups in total. The average Bonchev–Trinajstić information content (AvgIpc) is 3.22. The number of carbonyl (C=O) groups excluding carboxylic acids is 1. The summed E-state index contributed by atoms with van der Waals surface area (Å²) in [6.07, 6.45) is 4.34. The third-order valence-corrected chi connectivity index (χ3v) is 5.41. The Kier molecular flexibility index (Phi) is 5.21. The van der Waals surface area contributed by atoms with Gasteiger partial charge in [-0.2, -0.15) is 5.10 Å². The van der Waals surface area contributed by atoms with E-state index in [0.717, 1.165) is 17.5 Å². The van der Waals surface area contributed by atoms with E-state index in [9.17, 15) is 14.3 Å². The van der Waals surface area contributed by atoms with Crippen molar-refractivity contribution >= 4 is 11.7 Å². The van der Waals surface area contributed by atoms with E-state index in [0.29, 0.717) is 18.1 Å². The number of aryl methyl sites for hydroxylation is 1. The highest BCUT2D eigenvalue weighted by Gasteiger charge is 2.47. The van der Waals surface area contributed by atoms with Crippen LogP contribution in [0.3, 0.4) is 0 Å². The number of nitrogens with zero attached hydrogens (tertiary/aromatic N) is 4. The Bertz CT molecular complexity index is 1060. The van der Waals surface area contributed by atoms with Crippen LogP contribution in [0.15, 0.2) is 36.7 Å². The maximum Gasteiger partial charge on any atom is 0.291 e. The minimum atomic E-state index is -1.40. The molecule has 2 aromatic heterocycles. The molecule has 4 rings (SSSR count). The molecule has 156 valence electrons. The number of β-amino-alcohol motifs (C(OH)–C–C–N with tert-alkyl or cyclic N) is 1. The minimum absolute atomic E-state index is 0.00764. The Hall–Kier alpha value is -3.33. The van der Waals surface area contributed by atoms with Crippen LogP contribution in [0.1, 0.15) is 33.0 Å². The van der Waals surface area contributed by atoms with Crippen LogP contribution in [0.2, 0.25) is 0 Å². The lowest BCUT2D eigenvalue weighted by Gasteiger charge is -2.46. The molecule has 1 amide bonds. The molecule has 0 radical (unpaired) electrons. The van der Waals surface area contributed by atoms with Crippen molar-refractivity contribution in [2.45, 2.75) is 25.9 Å². The number of benzene rings is 1. The lowest BCUT2D eigenvalue weighted by Crippen LogP contribution is -2.61. The second-order valence-electron chi connectivity index (χ2n) is 7.56. The van der Waals surface area contributed by atoms with Crippen molar-refractivity contribution in [1.82, 2.24) is 25.1 Å². The first-order valence-corrected chi connectivity index (χ1v) is 9.71. The van der Waals surface area contributed by atoms with Gasteiger partial charge in [0.15, 0.2) is 0 Å². The minimum Gasteiger partial charge on any atom is -0.381 e. The number of hydrogen-bond donors (Lipinski definition) is 3. The van der Waals surface area contributed by atoms with Crippen LogP contribution < -0.4 is 5.32 Å². The van der Waals surface area contributed by atoms with E-state index in [1.165, 1.54) is 17.0 Å². The Balaban J connectivity index is 1.45. The highest BCUT2D eigenvalue weighted by atomic mass is 19.1. The number of amides is 1. The number of anilines is 1. The third kappa shape index (κ3) is 3.76. The number of aromatic amines is 1. The number of rotatable bonds is 6. The maximum atomic E-state index is 14.0. The fraction of sp³-hybridized carbons (Fsp3) is 0.333. The van der Waals surface area contributed by atoms with Gasteiger partial charge in [-0.15, -0.1) is 0 Å². The molecular formula is C21H23FN6O2. The van der Waals surface area contributed by atoms with Crippen LogP contribution in [-0.4, -0.2) is 55.7 Å². The van der Waals surface area contributed by atoms with Gasteiger partial charge in [0, 0.05) is 29.6 Å². The fourth-order valence-electron chi connectivity index (χ4n) is 3.52. The Morgan fingerprint density at radius 2 is 2.07 bits per heavy atom. The van der Waals surface area contributed by atoms with Crippen LogP contribution in [0, 0.1) is 19.7 Å². The van der Waals surface area contributed by atoms with Crippen molar-refractivity contribution in [3.8, 4) is 0 Å². The molecule has 0 bridgehead atoms. The van der Waals surface area contributed by atoms with E-state index in [1.54, 1.807) is 18.3 Å². The van der Waals surface area contributed by atoms with Crippen molar-refractivity contribution in [2.24, 2.45) is 0 Å². The summed E-state index contributed by atoms with van der Waals surface area (Å²) in [6, 6.07) is 6.06. The van der Waals surface area contributed by atoms with Gasteiger partial charge in [-0.25, -0.2) is 14.4 Å². The van der Waals surface area contributed by atoms with E-state index < -0.39 is 17.3 Å². The van der Waals surface area contributed by atoms with Crippen molar-refractivity contribution in [2.75, 3.05) is 25.0 Å². The number of carbonyl (C=O) groups is 1. The summed E-state index contributed by atoms with van der Waals surface area (Å²) in [4.78, 5) is 23.0. The van der Waals surface area contributed by atoms with Gasteiger partial charge in [-0.05, 0) is 31.9 Å². The highest BCUT2D eigenvalue weighted by molar-refractivity contribution is 5.92. The van der Waals surface area contributed by atoms with Gasteiger partial charge in [0.25, 0.3) is 5.91 Å². The number of likely N-dealkylation sites (tertiary alicyclic amines) is 1. The molecule has 0 aliphatic carbocycles. The molecule has 3 aromatic rings. The molecule has 8 nitrogen and oxygen atoms in total. The lowest BCUT2D eigenvalue weighted by molar-refractivity contribution is -0.0887. The maximum absolute atomic E-state index is 14.0. The predicted molar refractivity (Wildman–Crippen MR) is 108 cm³/mol. The van der Waals surface area contributed by atoms with Gasteiger partial charge in [0.1, 0.15) is 17.2 Å². The first-order valence-electron chi connectivity index (χ1n) is 9.71. The lowest BCUT2D eigenvalue weighted by atomic mass is 9.85. The first-order chi connectivity index (χ1) is 14.4. The second kappa shape index (κ2) is 7.83. The number of aromatic nitrogens is 4. The van der Waals surface area contributed by atoms with Crippen LogP contribution in [0.25, 0.3) is 0 Å². The van der Waals surface area contributed by atoms with Crippen LogP contribution in [0.4, 0.5) is 10.2 Å². The molecule has 1 saturated heterocycles. The molecule has 0 saturated carbocycles. The quantitative estimate of drug-likeness (QED) is 0.574. The van der Waals surface area contributed by atoms with Crippen LogP contribution in [-0.2, 0) is 12.0 Å². The molecule has 0 unspecified atom stereocenters. The molecule has 1 aliphatic rings. The van der Waals surface area contributed by atoms with E-state index in [4.69, 9.17) is 0 Å². The molecule has 30 heavy (non-hydrogen) atoms. The number of hydrogen-bond acceptors (Lipinski definition) is 6. The third-order valence-electron chi connectivity index (χ3n) is 5.41. The average molecular weight is 410 g/mol.